The van der Waals surface area contributed by atoms with Crippen LogP contribution in [0.4, 0.5) is 16.4 Å². The van der Waals surface area contributed by atoms with Gasteiger partial charge < -0.3 is 20.3 Å². The number of aryl methyl sites for hydroxylation is 1. The van der Waals surface area contributed by atoms with Gasteiger partial charge >= 0.3 is 0 Å². The number of nitrogens with one attached hydrogen (secondary N) is 2. The van der Waals surface area contributed by atoms with Crippen LogP contribution in [0, 0.1) is 10.1 Å². The van der Waals surface area contributed by atoms with Gasteiger partial charge in [-0.25, -0.2) is 0 Å². The van der Waals surface area contributed by atoms with E-state index in [0.717, 1.165) is 41.7 Å². The maximum atomic E-state index is 13.6. The Morgan fingerprint density at radius 2 is 1.78 bits per heavy atom. The Labute approximate surface area is 218 Å². The number of benzene rings is 2. The summed E-state index contributed by atoms with van der Waals surface area (Å²) in [6.07, 6.45) is 3.68. The summed E-state index contributed by atoms with van der Waals surface area (Å²) in [5.74, 6) is -0.702. The van der Waals surface area contributed by atoms with E-state index >= 15 is 0 Å². The van der Waals surface area contributed by atoms with E-state index in [1.807, 2.05) is 35.2 Å². The van der Waals surface area contributed by atoms with Crippen molar-refractivity contribution in [3.8, 4) is 0 Å². The number of amides is 2. The fourth-order valence-electron chi connectivity index (χ4n) is 4.83. The van der Waals surface area contributed by atoms with Gasteiger partial charge in [-0.3, -0.25) is 19.7 Å². The summed E-state index contributed by atoms with van der Waals surface area (Å²) in [5, 5.41) is 17.9. The molecule has 2 aliphatic rings. The zero-order chi connectivity index (χ0) is 25.8. The standard InChI is InChI=1S/C27H28N4O5S/c32-25(21-16-19(31(34)35)10-11-22(21)30-12-14-36-15-13-30)29-27-24(20-8-4-5-9-23(20)37-27)26(33)28-17-18-6-2-1-3-7-18/h1-3,6-7,10-11,16H,4-5,8-9,12-15,17H2,(H,28,33)(H,29,32). The Hall–Kier alpha value is -3.76. The van der Waals surface area contributed by atoms with Crippen molar-refractivity contribution < 1.29 is 19.2 Å². The molecule has 1 aromatic heterocycles. The molecule has 0 radical (unpaired) electrons. The van der Waals surface area contributed by atoms with Crippen LogP contribution in [0.15, 0.2) is 48.5 Å². The van der Waals surface area contributed by atoms with Crippen molar-refractivity contribution in [2.75, 3.05) is 36.5 Å². The van der Waals surface area contributed by atoms with Gasteiger partial charge in [0.1, 0.15) is 5.00 Å². The summed E-state index contributed by atoms with van der Waals surface area (Å²) in [7, 11) is 0. The van der Waals surface area contributed by atoms with Crippen molar-refractivity contribution >= 4 is 39.5 Å². The number of nitro benzene ring substituents is 1. The fraction of sp³-hybridized carbons (Fsp3) is 0.333. The highest BCUT2D eigenvalue weighted by Crippen LogP contribution is 2.39. The summed E-state index contributed by atoms with van der Waals surface area (Å²) in [6.45, 7) is 2.57. The lowest BCUT2D eigenvalue weighted by atomic mass is 9.95. The van der Waals surface area contributed by atoms with Crippen molar-refractivity contribution in [3.05, 3.63) is 85.8 Å². The molecule has 10 heteroatoms. The molecule has 192 valence electrons. The molecule has 0 unspecified atom stereocenters. The summed E-state index contributed by atoms with van der Waals surface area (Å²) >= 11 is 1.43. The van der Waals surface area contributed by atoms with Crippen LogP contribution in [-0.4, -0.2) is 43.0 Å². The zero-order valence-electron chi connectivity index (χ0n) is 20.3. The summed E-state index contributed by atoms with van der Waals surface area (Å²) < 4.78 is 5.43. The van der Waals surface area contributed by atoms with Crippen LogP contribution in [0.2, 0.25) is 0 Å². The number of ether oxygens (including phenoxy) is 1. The van der Waals surface area contributed by atoms with Gasteiger partial charge in [-0.15, -0.1) is 11.3 Å². The quantitative estimate of drug-likeness (QED) is 0.349. The Kier molecular flexibility index (Phi) is 7.47. The van der Waals surface area contributed by atoms with Gasteiger partial charge in [0.05, 0.1) is 35.0 Å². The van der Waals surface area contributed by atoms with E-state index in [-0.39, 0.29) is 17.2 Å². The summed E-state index contributed by atoms with van der Waals surface area (Å²) in [4.78, 5) is 41.1. The largest absolute Gasteiger partial charge is 0.378 e. The molecular weight excluding hydrogens is 492 g/mol. The zero-order valence-corrected chi connectivity index (χ0v) is 21.1. The number of nitrogens with zero attached hydrogens (tertiary/aromatic N) is 2. The summed E-state index contributed by atoms with van der Waals surface area (Å²) in [5.41, 5.74) is 3.14. The predicted molar refractivity (Wildman–Crippen MR) is 143 cm³/mol. The van der Waals surface area contributed by atoms with E-state index < -0.39 is 10.8 Å². The van der Waals surface area contributed by atoms with E-state index in [9.17, 15) is 19.7 Å². The normalized spacial score (nSPS) is 15.1. The molecule has 1 saturated heterocycles. The molecule has 0 atom stereocenters. The van der Waals surface area contributed by atoms with E-state index in [1.54, 1.807) is 6.07 Å². The average molecular weight is 521 g/mol. The van der Waals surface area contributed by atoms with Gasteiger partial charge in [-0.1, -0.05) is 30.3 Å². The summed E-state index contributed by atoms with van der Waals surface area (Å²) in [6, 6.07) is 14.0. The van der Waals surface area contributed by atoms with Crippen LogP contribution in [0.3, 0.4) is 0 Å². The molecule has 37 heavy (non-hydrogen) atoms. The van der Waals surface area contributed by atoms with E-state index in [0.29, 0.717) is 49.1 Å². The van der Waals surface area contributed by atoms with Gasteiger partial charge in [-0.05, 0) is 42.9 Å². The number of carbonyl (C=O) groups is 2. The average Bonchev–Trinajstić information content (AvgIpc) is 3.30. The molecule has 1 fully saturated rings. The number of thiophene rings is 1. The van der Waals surface area contributed by atoms with Gasteiger partial charge in [0, 0.05) is 36.6 Å². The Morgan fingerprint density at radius 3 is 2.54 bits per heavy atom. The third kappa shape index (κ3) is 5.50. The second-order valence-electron chi connectivity index (χ2n) is 9.10. The van der Waals surface area contributed by atoms with Crippen LogP contribution in [0.1, 0.15) is 49.6 Å². The number of rotatable bonds is 7. The third-order valence-electron chi connectivity index (χ3n) is 6.71. The number of anilines is 2. The third-order valence-corrected chi connectivity index (χ3v) is 7.92. The Balaban J connectivity index is 1.45. The molecule has 1 aliphatic heterocycles. The molecule has 2 amide bonds. The first kappa shape index (κ1) is 24.9. The van der Waals surface area contributed by atoms with Crippen molar-refractivity contribution in [1.29, 1.82) is 0 Å². The Bertz CT molecular complexity index is 1320. The first-order chi connectivity index (χ1) is 18.0. The van der Waals surface area contributed by atoms with Crippen molar-refractivity contribution in [3.63, 3.8) is 0 Å². The molecule has 5 rings (SSSR count). The lowest BCUT2D eigenvalue weighted by Gasteiger charge is -2.30. The molecule has 0 spiro atoms. The number of fused-ring (bicyclic) bond motifs is 1. The maximum Gasteiger partial charge on any atom is 0.270 e. The van der Waals surface area contributed by atoms with Crippen molar-refractivity contribution in [1.82, 2.24) is 5.32 Å². The number of hydrogen-bond donors (Lipinski definition) is 2. The van der Waals surface area contributed by atoms with Crippen LogP contribution in [-0.2, 0) is 24.1 Å². The monoisotopic (exact) mass is 520 g/mol. The second kappa shape index (κ2) is 11.1. The van der Waals surface area contributed by atoms with Gasteiger partial charge in [0.25, 0.3) is 17.5 Å². The minimum Gasteiger partial charge on any atom is -0.378 e. The highest BCUT2D eigenvalue weighted by atomic mass is 32.1. The SMILES string of the molecule is O=C(Nc1sc2c(c1C(=O)NCc1ccccc1)CCCC2)c1cc([N+](=O)[O-])ccc1N1CCOCC1. The van der Waals surface area contributed by atoms with Gasteiger partial charge in [0.2, 0.25) is 0 Å². The smallest absolute Gasteiger partial charge is 0.270 e. The number of hydrogen-bond acceptors (Lipinski definition) is 7. The minimum atomic E-state index is -0.508. The molecule has 2 aromatic carbocycles. The number of morpholine rings is 1. The minimum absolute atomic E-state index is 0.159. The molecule has 3 aromatic rings. The molecular formula is C27H28N4O5S. The second-order valence-corrected chi connectivity index (χ2v) is 10.2. The van der Waals surface area contributed by atoms with Crippen molar-refractivity contribution in [2.24, 2.45) is 0 Å². The number of nitro groups is 1. The molecule has 0 saturated carbocycles. The highest BCUT2D eigenvalue weighted by molar-refractivity contribution is 7.17. The highest BCUT2D eigenvalue weighted by Gasteiger charge is 2.28. The fourth-order valence-corrected chi connectivity index (χ4v) is 6.11. The van der Waals surface area contributed by atoms with Crippen molar-refractivity contribution in [2.45, 2.75) is 32.2 Å². The van der Waals surface area contributed by atoms with E-state index in [2.05, 4.69) is 10.6 Å². The molecule has 2 N–H and O–H groups in total. The topological polar surface area (TPSA) is 114 Å². The van der Waals surface area contributed by atoms with Crippen LogP contribution < -0.4 is 15.5 Å². The van der Waals surface area contributed by atoms with Gasteiger partial charge in [0.15, 0.2) is 0 Å². The predicted octanol–water partition coefficient (Wildman–Crippen LogP) is 4.55. The van der Waals surface area contributed by atoms with E-state index in [1.165, 1.54) is 23.5 Å². The molecule has 0 bridgehead atoms. The van der Waals surface area contributed by atoms with Gasteiger partial charge in [-0.2, -0.15) is 0 Å². The number of carbonyl (C=O) groups excluding carboxylic acids is 2. The van der Waals surface area contributed by atoms with Crippen LogP contribution in [0.25, 0.3) is 0 Å². The molecule has 2 heterocycles. The molecule has 9 nitrogen and oxygen atoms in total. The van der Waals surface area contributed by atoms with E-state index in [4.69, 9.17) is 4.74 Å². The van der Waals surface area contributed by atoms with Crippen LogP contribution >= 0.6 is 11.3 Å². The molecule has 1 aliphatic carbocycles. The van der Waals surface area contributed by atoms with Crippen LogP contribution in [0.5, 0.6) is 0 Å². The lowest BCUT2D eigenvalue weighted by molar-refractivity contribution is -0.384. The lowest BCUT2D eigenvalue weighted by Crippen LogP contribution is -2.37. The number of non-ortho nitro benzene ring substituents is 1. The first-order valence-corrected chi connectivity index (χ1v) is 13.2. The maximum absolute atomic E-state index is 13.6. The Morgan fingerprint density at radius 1 is 1.03 bits per heavy atom. The first-order valence-electron chi connectivity index (χ1n) is 12.4.